The molecule has 1 saturated heterocycles. The van der Waals surface area contributed by atoms with E-state index in [0.29, 0.717) is 44.0 Å². The van der Waals surface area contributed by atoms with Gasteiger partial charge in [-0.25, -0.2) is 12.8 Å². The molecule has 3 rings (SSSR count). The molecule has 26 heavy (non-hydrogen) atoms. The molecule has 1 aliphatic heterocycles. The summed E-state index contributed by atoms with van der Waals surface area (Å²) in [4.78, 5) is 6.29. The number of rotatable bonds is 2. The van der Waals surface area contributed by atoms with E-state index in [-0.39, 0.29) is 11.5 Å². The highest BCUT2D eigenvalue weighted by molar-refractivity contribution is 7.92. The summed E-state index contributed by atoms with van der Waals surface area (Å²) in [5.41, 5.74) is 0.679. The van der Waals surface area contributed by atoms with Crippen molar-refractivity contribution in [3.05, 3.63) is 29.6 Å². The number of sulfone groups is 1. The number of guanidine groups is 1. The first-order valence-electron chi connectivity index (χ1n) is 9.02. The van der Waals surface area contributed by atoms with Crippen LogP contribution in [-0.2, 0) is 16.4 Å². The maximum Gasteiger partial charge on any atom is 0.193 e. The molecule has 0 atom stereocenters. The highest BCUT2D eigenvalue weighted by Crippen LogP contribution is 2.38. The first kappa shape index (κ1) is 18.9. The zero-order valence-electron chi connectivity index (χ0n) is 15.0. The highest BCUT2D eigenvalue weighted by atomic mass is 32.2. The number of aromatic hydroxyl groups is 1. The van der Waals surface area contributed by atoms with Crippen LogP contribution in [-0.4, -0.2) is 55.0 Å². The molecule has 0 bridgehead atoms. The average Bonchev–Trinajstić information content (AvgIpc) is 2.62. The van der Waals surface area contributed by atoms with E-state index >= 15 is 0 Å². The Bertz CT molecular complexity index is 789. The largest absolute Gasteiger partial charge is 0.505 e. The fourth-order valence-electron chi connectivity index (χ4n) is 3.99. The number of nitrogens with zero attached hydrogens (tertiary/aromatic N) is 2. The highest BCUT2D eigenvalue weighted by Gasteiger charge is 2.48. The van der Waals surface area contributed by atoms with Crippen molar-refractivity contribution in [2.45, 2.75) is 43.4 Å². The molecule has 1 saturated carbocycles. The van der Waals surface area contributed by atoms with Crippen LogP contribution in [0.15, 0.2) is 23.2 Å². The minimum Gasteiger partial charge on any atom is -0.505 e. The minimum atomic E-state index is -3.10. The van der Waals surface area contributed by atoms with Crippen molar-refractivity contribution < 1.29 is 17.9 Å². The van der Waals surface area contributed by atoms with Crippen LogP contribution < -0.4 is 5.32 Å². The monoisotopic (exact) mass is 383 g/mol. The van der Waals surface area contributed by atoms with Gasteiger partial charge in [-0.3, -0.25) is 4.99 Å². The lowest BCUT2D eigenvalue weighted by Crippen LogP contribution is -2.60. The van der Waals surface area contributed by atoms with Crippen molar-refractivity contribution in [3.63, 3.8) is 0 Å². The zero-order chi connectivity index (χ0) is 18.8. The number of aliphatic imine (C=N–C) groups is 1. The molecular formula is C18H26FN3O3S. The number of phenols is 1. The summed E-state index contributed by atoms with van der Waals surface area (Å²) in [6, 6.07) is 4.24. The van der Waals surface area contributed by atoms with E-state index in [4.69, 9.17) is 0 Å². The molecule has 6 nitrogen and oxygen atoms in total. The second-order valence-electron chi connectivity index (χ2n) is 7.17. The molecule has 2 N–H and O–H groups in total. The standard InChI is InChI=1S/C18H26FN3O3S/c1-20-17(21-12-14-5-6-16(23)15(19)11-14)22-9-10-26(24,25)18(13-22)7-3-2-4-8-18/h5-6,11,23H,2-4,7-10,12-13H2,1H3,(H,20,21). The van der Waals surface area contributed by atoms with Crippen molar-refractivity contribution in [2.24, 2.45) is 4.99 Å². The van der Waals surface area contributed by atoms with E-state index < -0.39 is 20.4 Å². The summed E-state index contributed by atoms with van der Waals surface area (Å²) >= 11 is 0. The Morgan fingerprint density at radius 1 is 1.35 bits per heavy atom. The van der Waals surface area contributed by atoms with Crippen LogP contribution in [0.4, 0.5) is 4.39 Å². The summed E-state index contributed by atoms with van der Waals surface area (Å²) in [6.45, 7) is 1.22. The van der Waals surface area contributed by atoms with E-state index in [9.17, 15) is 17.9 Å². The SMILES string of the molecule is CN=C(NCc1ccc(O)c(F)c1)N1CCS(=O)(=O)C2(CCCCC2)C1. The predicted molar refractivity (Wildman–Crippen MR) is 99.4 cm³/mol. The second-order valence-corrected chi connectivity index (χ2v) is 9.67. The van der Waals surface area contributed by atoms with Crippen molar-refractivity contribution in [3.8, 4) is 5.75 Å². The summed E-state index contributed by atoms with van der Waals surface area (Å²) in [5, 5.41) is 12.5. The molecule has 144 valence electrons. The van der Waals surface area contributed by atoms with Crippen molar-refractivity contribution in [1.29, 1.82) is 0 Å². The van der Waals surface area contributed by atoms with Crippen molar-refractivity contribution in [1.82, 2.24) is 10.2 Å². The van der Waals surface area contributed by atoms with Gasteiger partial charge in [-0.15, -0.1) is 0 Å². The van der Waals surface area contributed by atoms with Crippen molar-refractivity contribution >= 4 is 15.8 Å². The fraction of sp³-hybridized carbons (Fsp3) is 0.611. The second kappa shape index (κ2) is 7.42. The average molecular weight is 383 g/mol. The molecule has 1 aromatic carbocycles. The maximum absolute atomic E-state index is 13.5. The van der Waals surface area contributed by atoms with Gasteiger partial charge in [0, 0.05) is 26.7 Å². The number of phenolic OH excluding ortho intramolecular Hbond substituents is 1. The molecule has 0 aromatic heterocycles. The summed E-state index contributed by atoms with van der Waals surface area (Å²) in [6.07, 6.45) is 4.42. The van der Waals surface area contributed by atoms with Crippen LogP contribution in [0.25, 0.3) is 0 Å². The molecule has 1 spiro atoms. The van der Waals surface area contributed by atoms with Gasteiger partial charge in [-0.2, -0.15) is 0 Å². The molecule has 1 heterocycles. The van der Waals surface area contributed by atoms with E-state index in [0.717, 1.165) is 19.3 Å². The third-order valence-corrected chi connectivity index (χ3v) is 8.08. The van der Waals surface area contributed by atoms with E-state index in [1.54, 1.807) is 13.1 Å². The number of benzene rings is 1. The number of nitrogens with one attached hydrogen (secondary N) is 1. The maximum atomic E-state index is 13.5. The molecule has 2 aliphatic rings. The fourth-order valence-corrected chi connectivity index (χ4v) is 6.15. The Kier molecular flexibility index (Phi) is 5.41. The van der Waals surface area contributed by atoms with Gasteiger partial charge in [0.25, 0.3) is 0 Å². The van der Waals surface area contributed by atoms with Gasteiger partial charge in [0.15, 0.2) is 27.4 Å². The van der Waals surface area contributed by atoms with Crippen LogP contribution >= 0.6 is 0 Å². The summed E-state index contributed by atoms with van der Waals surface area (Å²) < 4.78 is 38.2. The molecule has 0 radical (unpaired) electrons. The van der Waals surface area contributed by atoms with Crippen LogP contribution in [0, 0.1) is 5.82 Å². The Morgan fingerprint density at radius 2 is 2.08 bits per heavy atom. The lowest BCUT2D eigenvalue weighted by Gasteiger charge is -2.45. The Labute approximate surface area is 154 Å². The Balaban J connectivity index is 1.71. The van der Waals surface area contributed by atoms with Gasteiger partial charge in [-0.05, 0) is 30.5 Å². The third kappa shape index (κ3) is 3.65. The van der Waals surface area contributed by atoms with Gasteiger partial charge in [-0.1, -0.05) is 25.3 Å². The van der Waals surface area contributed by atoms with E-state index in [1.807, 2.05) is 4.90 Å². The quantitative estimate of drug-likeness (QED) is 0.603. The van der Waals surface area contributed by atoms with Crippen LogP contribution in [0.3, 0.4) is 0 Å². The third-order valence-electron chi connectivity index (χ3n) is 5.51. The van der Waals surface area contributed by atoms with Crippen LogP contribution in [0.2, 0.25) is 0 Å². The van der Waals surface area contributed by atoms with Gasteiger partial charge in [0.05, 0.1) is 10.5 Å². The van der Waals surface area contributed by atoms with Gasteiger partial charge in [0.1, 0.15) is 0 Å². The summed E-state index contributed by atoms with van der Waals surface area (Å²) in [5.74, 6) is -0.275. The molecule has 1 aliphatic carbocycles. The lowest BCUT2D eigenvalue weighted by atomic mass is 9.87. The first-order chi connectivity index (χ1) is 12.4. The Morgan fingerprint density at radius 3 is 2.73 bits per heavy atom. The molecular weight excluding hydrogens is 357 g/mol. The molecule has 1 aromatic rings. The molecule has 2 fully saturated rings. The molecule has 0 unspecified atom stereocenters. The summed E-state index contributed by atoms with van der Waals surface area (Å²) in [7, 11) is -1.44. The lowest BCUT2D eigenvalue weighted by molar-refractivity contribution is 0.274. The first-order valence-corrected chi connectivity index (χ1v) is 10.7. The smallest absolute Gasteiger partial charge is 0.193 e. The van der Waals surface area contributed by atoms with Crippen LogP contribution in [0.5, 0.6) is 5.75 Å². The van der Waals surface area contributed by atoms with Crippen molar-refractivity contribution in [2.75, 3.05) is 25.9 Å². The Hall–Kier alpha value is -1.83. The number of hydrogen-bond donors (Lipinski definition) is 2. The van der Waals surface area contributed by atoms with Gasteiger partial charge >= 0.3 is 0 Å². The van der Waals surface area contributed by atoms with Gasteiger partial charge < -0.3 is 15.3 Å². The van der Waals surface area contributed by atoms with E-state index in [2.05, 4.69) is 10.3 Å². The molecule has 0 amide bonds. The molecule has 8 heteroatoms. The predicted octanol–water partition coefficient (Wildman–Crippen LogP) is 2.04. The van der Waals surface area contributed by atoms with Gasteiger partial charge in [0.2, 0.25) is 0 Å². The minimum absolute atomic E-state index is 0.140. The number of halogens is 1. The normalized spacial score (nSPS) is 22.4. The number of hydrogen-bond acceptors (Lipinski definition) is 4. The van der Waals surface area contributed by atoms with Crippen LogP contribution in [0.1, 0.15) is 37.7 Å². The zero-order valence-corrected chi connectivity index (χ0v) is 15.9. The van der Waals surface area contributed by atoms with E-state index in [1.165, 1.54) is 12.1 Å². The topological polar surface area (TPSA) is 82.0 Å².